The first-order chi connectivity index (χ1) is 9.74. The molecule has 20 heavy (non-hydrogen) atoms. The number of hydrogen-bond donors (Lipinski definition) is 1. The van der Waals surface area contributed by atoms with E-state index in [-0.39, 0.29) is 0 Å². The minimum atomic E-state index is -0.780. The fraction of sp³-hybridized carbons (Fsp3) is 0.353. The molecule has 0 saturated carbocycles. The molecule has 1 saturated heterocycles. The number of aryl methyl sites for hydroxylation is 1. The summed E-state index contributed by atoms with van der Waals surface area (Å²) >= 11 is 0. The molecule has 2 aromatic carbocycles. The number of hydrogen-bond acceptors (Lipinski definition) is 1. The lowest BCUT2D eigenvalue weighted by molar-refractivity contribution is 0.154. The van der Waals surface area contributed by atoms with Crippen molar-refractivity contribution in [3.63, 3.8) is 0 Å². The van der Waals surface area contributed by atoms with Gasteiger partial charge in [-0.15, -0.1) is 0 Å². The van der Waals surface area contributed by atoms with E-state index < -0.39 is 6.09 Å². The fourth-order valence-corrected chi connectivity index (χ4v) is 3.11. The second-order valence-electron chi connectivity index (χ2n) is 5.56. The van der Waals surface area contributed by atoms with Crippen molar-refractivity contribution in [2.45, 2.75) is 19.3 Å². The van der Waals surface area contributed by atoms with E-state index in [0.717, 1.165) is 19.3 Å². The Kier molecular flexibility index (Phi) is 3.59. The summed E-state index contributed by atoms with van der Waals surface area (Å²) < 4.78 is 0. The summed E-state index contributed by atoms with van der Waals surface area (Å²) in [5, 5.41) is 11.6. The van der Waals surface area contributed by atoms with Crippen LogP contribution in [-0.4, -0.2) is 29.2 Å². The molecule has 3 nitrogen and oxygen atoms in total. The van der Waals surface area contributed by atoms with Gasteiger partial charge in [0.1, 0.15) is 0 Å². The summed E-state index contributed by atoms with van der Waals surface area (Å²) in [4.78, 5) is 12.5. The number of amides is 1. The summed E-state index contributed by atoms with van der Waals surface area (Å²) in [6.07, 6.45) is 2.31. The second kappa shape index (κ2) is 5.53. The number of benzene rings is 2. The lowest BCUT2D eigenvalue weighted by atomic mass is 9.95. The minimum absolute atomic E-state index is 0.505. The number of carboxylic acid groups (broad SMARTS) is 1. The molecule has 0 unspecified atom stereocenters. The molecule has 3 rings (SSSR count). The number of carbonyl (C=O) groups is 1. The molecule has 1 aliphatic heterocycles. The second-order valence-corrected chi connectivity index (χ2v) is 5.56. The lowest BCUT2D eigenvalue weighted by Gasteiger charge is -2.13. The Balaban J connectivity index is 1.67. The van der Waals surface area contributed by atoms with Crippen molar-refractivity contribution in [1.29, 1.82) is 0 Å². The monoisotopic (exact) mass is 269 g/mol. The molecule has 0 aliphatic carbocycles. The van der Waals surface area contributed by atoms with E-state index in [1.165, 1.54) is 21.2 Å². The van der Waals surface area contributed by atoms with Crippen LogP contribution in [-0.2, 0) is 6.42 Å². The molecule has 1 amide bonds. The maximum atomic E-state index is 10.9. The molecule has 1 fully saturated rings. The Bertz CT molecular complexity index is 618. The highest BCUT2D eigenvalue weighted by Crippen LogP contribution is 2.25. The van der Waals surface area contributed by atoms with Crippen molar-refractivity contribution < 1.29 is 9.90 Å². The van der Waals surface area contributed by atoms with Crippen LogP contribution in [0.4, 0.5) is 4.79 Å². The molecule has 1 aliphatic rings. The van der Waals surface area contributed by atoms with Crippen LogP contribution in [0.25, 0.3) is 10.8 Å². The van der Waals surface area contributed by atoms with Crippen molar-refractivity contribution in [2.75, 3.05) is 13.1 Å². The highest BCUT2D eigenvalue weighted by molar-refractivity contribution is 5.85. The quantitative estimate of drug-likeness (QED) is 0.921. The molecule has 0 spiro atoms. The molecule has 2 aromatic rings. The normalized spacial score (nSPS) is 18.6. The predicted molar refractivity (Wildman–Crippen MR) is 80.0 cm³/mol. The number of rotatable bonds is 3. The molecule has 0 radical (unpaired) electrons. The van der Waals surface area contributed by atoms with E-state index in [1.54, 1.807) is 0 Å². The average Bonchev–Trinajstić information content (AvgIpc) is 2.94. The highest BCUT2D eigenvalue weighted by Gasteiger charge is 2.25. The van der Waals surface area contributed by atoms with Gasteiger partial charge in [-0.2, -0.15) is 0 Å². The molecular formula is C17H19NO2. The van der Waals surface area contributed by atoms with E-state index in [0.29, 0.717) is 19.0 Å². The Labute approximate surface area is 118 Å². The van der Waals surface area contributed by atoms with Gasteiger partial charge in [-0.25, -0.2) is 4.79 Å². The molecule has 104 valence electrons. The number of nitrogens with zero attached hydrogens (tertiary/aromatic N) is 1. The van der Waals surface area contributed by atoms with E-state index in [1.807, 2.05) is 0 Å². The van der Waals surface area contributed by atoms with Gasteiger partial charge in [0.15, 0.2) is 0 Å². The maximum absolute atomic E-state index is 10.9. The van der Waals surface area contributed by atoms with Gasteiger partial charge >= 0.3 is 6.09 Å². The van der Waals surface area contributed by atoms with Crippen LogP contribution >= 0.6 is 0 Å². The molecule has 0 aromatic heterocycles. The lowest BCUT2D eigenvalue weighted by Crippen LogP contribution is -2.26. The predicted octanol–water partition coefficient (Wildman–Crippen LogP) is 3.77. The van der Waals surface area contributed by atoms with Crippen LogP contribution < -0.4 is 0 Å². The number of likely N-dealkylation sites (tertiary alicyclic amines) is 1. The Morgan fingerprint density at radius 2 is 2.00 bits per heavy atom. The highest BCUT2D eigenvalue weighted by atomic mass is 16.4. The van der Waals surface area contributed by atoms with Crippen LogP contribution in [0.1, 0.15) is 18.4 Å². The summed E-state index contributed by atoms with van der Waals surface area (Å²) in [5.74, 6) is 0.505. The topological polar surface area (TPSA) is 40.5 Å². The van der Waals surface area contributed by atoms with Gasteiger partial charge in [0.25, 0.3) is 0 Å². The first kappa shape index (κ1) is 13.0. The van der Waals surface area contributed by atoms with E-state index in [4.69, 9.17) is 5.11 Å². The van der Waals surface area contributed by atoms with Gasteiger partial charge in [0.05, 0.1) is 0 Å². The van der Waals surface area contributed by atoms with E-state index in [9.17, 15) is 4.79 Å². The molecular weight excluding hydrogens is 250 g/mol. The third-order valence-electron chi connectivity index (χ3n) is 4.26. The third-order valence-corrected chi connectivity index (χ3v) is 4.26. The van der Waals surface area contributed by atoms with Crippen LogP contribution in [0.5, 0.6) is 0 Å². The third kappa shape index (κ3) is 2.62. The fourth-order valence-electron chi connectivity index (χ4n) is 3.11. The van der Waals surface area contributed by atoms with Crippen LogP contribution in [0.3, 0.4) is 0 Å². The zero-order chi connectivity index (χ0) is 13.9. The number of fused-ring (bicyclic) bond motifs is 1. The van der Waals surface area contributed by atoms with E-state index >= 15 is 0 Å². The average molecular weight is 269 g/mol. The van der Waals surface area contributed by atoms with Crippen LogP contribution in [0, 0.1) is 5.92 Å². The minimum Gasteiger partial charge on any atom is -0.465 e. The molecule has 1 heterocycles. The van der Waals surface area contributed by atoms with Gasteiger partial charge < -0.3 is 10.0 Å². The van der Waals surface area contributed by atoms with Crippen molar-refractivity contribution in [1.82, 2.24) is 4.90 Å². The maximum Gasteiger partial charge on any atom is 0.407 e. The Hall–Kier alpha value is -2.03. The Morgan fingerprint density at radius 1 is 1.20 bits per heavy atom. The SMILES string of the molecule is O=C(O)N1CC[C@@H](CCc2cccc3ccccc23)C1. The van der Waals surface area contributed by atoms with Crippen molar-refractivity contribution in [2.24, 2.45) is 5.92 Å². The molecule has 1 atom stereocenters. The Morgan fingerprint density at radius 3 is 2.80 bits per heavy atom. The zero-order valence-corrected chi connectivity index (χ0v) is 11.5. The summed E-state index contributed by atoms with van der Waals surface area (Å²) in [6.45, 7) is 1.38. The zero-order valence-electron chi connectivity index (χ0n) is 11.5. The molecule has 3 heteroatoms. The van der Waals surface area contributed by atoms with E-state index in [2.05, 4.69) is 42.5 Å². The van der Waals surface area contributed by atoms with Crippen molar-refractivity contribution in [3.8, 4) is 0 Å². The van der Waals surface area contributed by atoms with Gasteiger partial charge in [-0.05, 0) is 41.5 Å². The molecule has 0 bridgehead atoms. The van der Waals surface area contributed by atoms with Gasteiger partial charge in [0, 0.05) is 13.1 Å². The summed E-state index contributed by atoms with van der Waals surface area (Å²) in [5.41, 5.74) is 1.37. The van der Waals surface area contributed by atoms with Gasteiger partial charge in [-0.3, -0.25) is 0 Å². The summed E-state index contributed by atoms with van der Waals surface area (Å²) in [7, 11) is 0. The summed E-state index contributed by atoms with van der Waals surface area (Å²) in [6, 6.07) is 14.9. The molecule has 1 N–H and O–H groups in total. The standard InChI is InChI=1S/C17H19NO2/c19-17(20)18-11-10-13(12-18)8-9-15-6-3-5-14-4-1-2-7-16(14)15/h1-7,13H,8-12H2,(H,19,20)/t13-/m1/s1. The van der Waals surface area contributed by atoms with Crippen molar-refractivity contribution >= 4 is 16.9 Å². The first-order valence-corrected chi connectivity index (χ1v) is 7.18. The van der Waals surface area contributed by atoms with Crippen LogP contribution in [0.15, 0.2) is 42.5 Å². The van der Waals surface area contributed by atoms with Crippen molar-refractivity contribution in [3.05, 3.63) is 48.0 Å². The smallest absolute Gasteiger partial charge is 0.407 e. The largest absolute Gasteiger partial charge is 0.465 e. The van der Waals surface area contributed by atoms with Crippen LogP contribution in [0.2, 0.25) is 0 Å². The van der Waals surface area contributed by atoms with Gasteiger partial charge in [-0.1, -0.05) is 42.5 Å². The van der Waals surface area contributed by atoms with Gasteiger partial charge in [0.2, 0.25) is 0 Å². The first-order valence-electron chi connectivity index (χ1n) is 7.18.